The third kappa shape index (κ3) is 4.77. The molecule has 0 radical (unpaired) electrons. The minimum absolute atomic E-state index is 0.0984. The maximum atomic E-state index is 13.2. The van der Waals surface area contributed by atoms with Crippen LogP contribution in [0.1, 0.15) is 20.3 Å². The van der Waals surface area contributed by atoms with E-state index in [1.165, 1.54) is 21.1 Å². The van der Waals surface area contributed by atoms with Gasteiger partial charge in [-0.15, -0.1) is 0 Å². The molecule has 0 saturated carbocycles. The van der Waals surface area contributed by atoms with Crippen molar-refractivity contribution in [2.24, 2.45) is 0 Å². The maximum absolute atomic E-state index is 13.2. The Morgan fingerprint density at radius 1 is 1.17 bits per heavy atom. The van der Waals surface area contributed by atoms with Crippen LogP contribution in [0.5, 0.6) is 0 Å². The van der Waals surface area contributed by atoms with E-state index >= 15 is 0 Å². The molecule has 1 aliphatic heterocycles. The normalized spacial score (nSPS) is 16.0. The summed E-state index contributed by atoms with van der Waals surface area (Å²) in [4.78, 5) is 24.4. The minimum Gasteiger partial charge on any atom is -0.432 e. The Morgan fingerprint density at radius 2 is 1.97 bits per heavy atom. The van der Waals surface area contributed by atoms with Crippen LogP contribution in [0.15, 0.2) is 40.2 Å². The quantitative estimate of drug-likeness (QED) is 0.727. The summed E-state index contributed by atoms with van der Waals surface area (Å²) in [7, 11) is -3.74. The lowest BCUT2D eigenvalue weighted by Gasteiger charge is -2.20. The molecule has 1 aromatic carbocycles. The summed E-state index contributed by atoms with van der Waals surface area (Å²) < 4.78 is 38.8. The molecule has 0 amide bonds. The number of aromatic nitrogens is 1. The van der Waals surface area contributed by atoms with E-state index in [-0.39, 0.29) is 23.1 Å². The highest BCUT2D eigenvalue weighted by Crippen LogP contribution is 2.24. The number of hydrogen-bond acceptors (Lipinski definition) is 7. The van der Waals surface area contributed by atoms with Crippen LogP contribution in [0.2, 0.25) is 0 Å². The second-order valence-electron chi connectivity index (χ2n) is 7.01. The molecule has 158 valence electrons. The van der Waals surface area contributed by atoms with Gasteiger partial charge in [0, 0.05) is 36.6 Å². The second kappa shape index (κ2) is 8.93. The summed E-state index contributed by atoms with van der Waals surface area (Å²) in [6.45, 7) is 5.20. The molecule has 0 atom stereocenters. The van der Waals surface area contributed by atoms with Crippen molar-refractivity contribution in [2.75, 3.05) is 26.2 Å². The summed E-state index contributed by atoms with van der Waals surface area (Å²) >= 11 is 0. The zero-order valence-electron chi connectivity index (χ0n) is 16.5. The number of nitrogens with one attached hydrogen (secondary N) is 1. The number of carbonyl (C=O) groups is 1. The van der Waals surface area contributed by atoms with Gasteiger partial charge in [-0.05, 0) is 45.0 Å². The van der Waals surface area contributed by atoms with Gasteiger partial charge in [0.1, 0.15) is 0 Å². The predicted octanol–water partition coefficient (Wildman–Crippen LogP) is 1.50. The lowest BCUT2D eigenvalue weighted by molar-refractivity contribution is 0.0154. The highest BCUT2D eigenvalue weighted by Gasteiger charge is 2.27. The summed E-state index contributed by atoms with van der Waals surface area (Å²) in [6.07, 6.45) is 0.924. The molecule has 1 saturated heterocycles. The molecule has 3 rings (SSSR count). The molecule has 1 N–H and O–H groups in total. The summed E-state index contributed by atoms with van der Waals surface area (Å²) in [5, 5.41) is 3.76. The van der Waals surface area contributed by atoms with Gasteiger partial charge >= 0.3 is 6.16 Å². The molecule has 1 aromatic heterocycles. The fraction of sp³-hybridized carbons (Fsp3) is 0.474. The molecule has 2 heterocycles. The molecule has 0 unspecified atom stereocenters. The Balaban J connectivity index is 1.92. The molecule has 2 aromatic rings. The molecule has 9 nitrogen and oxygen atoms in total. The number of fused-ring (bicyclic) bond motifs is 1. The molecule has 29 heavy (non-hydrogen) atoms. The Bertz CT molecular complexity index is 1040. The molecule has 0 bridgehead atoms. The molecule has 1 fully saturated rings. The van der Waals surface area contributed by atoms with E-state index in [1.807, 2.05) is 0 Å². The Morgan fingerprint density at radius 3 is 2.72 bits per heavy atom. The smallest absolute Gasteiger partial charge is 0.432 e. The second-order valence-corrected chi connectivity index (χ2v) is 8.91. The van der Waals surface area contributed by atoms with Gasteiger partial charge in [0.15, 0.2) is 6.73 Å². The molecule has 1 aliphatic rings. The first kappa shape index (κ1) is 21.3. The number of hydrogen-bond donors (Lipinski definition) is 1. The van der Waals surface area contributed by atoms with Gasteiger partial charge in [-0.3, -0.25) is 9.36 Å². The van der Waals surface area contributed by atoms with Crippen LogP contribution >= 0.6 is 0 Å². The first-order valence-electron chi connectivity index (χ1n) is 9.47. The first-order valence-corrected chi connectivity index (χ1v) is 10.9. The largest absolute Gasteiger partial charge is 0.510 e. The van der Waals surface area contributed by atoms with Crippen molar-refractivity contribution in [3.05, 3.63) is 40.8 Å². The maximum Gasteiger partial charge on any atom is 0.510 e. The molecule has 0 spiro atoms. The first-order chi connectivity index (χ1) is 13.8. The van der Waals surface area contributed by atoms with Gasteiger partial charge in [-0.25, -0.2) is 13.2 Å². The number of rotatable bonds is 5. The summed E-state index contributed by atoms with van der Waals surface area (Å²) in [5.41, 5.74) is -0.450. The Labute approximate surface area is 169 Å². The van der Waals surface area contributed by atoms with Gasteiger partial charge < -0.3 is 14.8 Å². The van der Waals surface area contributed by atoms with Crippen molar-refractivity contribution in [1.82, 2.24) is 14.2 Å². The van der Waals surface area contributed by atoms with E-state index < -0.39 is 21.7 Å². The minimum atomic E-state index is -3.74. The van der Waals surface area contributed by atoms with E-state index in [0.29, 0.717) is 25.0 Å². The standard InChI is InChI=1S/C19H25N3O6S/c1-14(2)28-19(24)27-13-21-11-7-15-16(18(21)23)5-3-6-17(15)29(25,26)22-10-4-8-20-9-12-22/h3,5-7,11,14,20H,4,8-10,12-13H2,1-2H3. The van der Waals surface area contributed by atoms with Gasteiger partial charge in [0.25, 0.3) is 5.56 Å². The number of ether oxygens (including phenoxy) is 2. The van der Waals surface area contributed by atoms with Crippen LogP contribution in [0, 0.1) is 0 Å². The zero-order valence-corrected chi connectivity index (χ0v) is 17.3. The molecular formula is C19H25N3O6S. The van der Waals surface area contributed by atoms with Crippen LogP contribution in [0.25, 0.3) is 10.8 Å². The number of nitrogens with zero attached hydrogens (tertiary/aromatic N) is 2. The number of sulfonamides is 1. The Kier molecular flexibility index (Phi) is 6.56. The van der Waals surface area contributed by atoms with Gasteiger partial charge in [0.2, 0.25) is 10.0 Å². The van der Waals surface area contributed by atoms with Crippen molar-refractivity contribution in [3.63, 3.8) is 0 Å². The molecule has 10 heteroatoms. The van der Waals surface area contributed by atoms with Crippen molar-refractivity contribution >= 4 is 27.0 Å². The van der Waals surface area contributed by atoms with Gasteiger partial charge in [-0.2, -0.15) is 4.31 Å². The van der Waals surface area contributed by atoms with Gasteiger partial charge in [0.05, 0.1) is 11.0 Å². The number of carbonyl (C=O) groups excluding carboxylic acids is 1. The zero-order chi connectivity index (χ0) is 21.0. The fourth-order valence-corrected chi connectivity index (χ4v) is 4.85. The third-order valence-corrected chi connectivity index (χ3v) is 6.51. The fourth-order valence-electron chi connectivity index (χ4n) is 3.17. The van der Waals surface area contributed by atoms with Crippen LogP contribution in [-0.2, 0) is 26.2 Å². The van der Waals surface area contributed by atoms with E-state index in [9.17, 15) is 18.0 Å². The van der Waals surface area contributed by atoms with Crippen molar-refractivity contribution in [1.29, 1.82) is 0 Å². The van der Waals surface area contributed by atoms with E-state index in [1.54, 1.807) is 32.0 Å². The number of pyridine rings is 1. The lowest BCUT2D eigenvalue weighted by Crippen LogP contribution is -2.34. The highest BCUT2D eigenvalue weighted by atomic mass is 32.2. The van der Waals surface area contributed by atoms with Crippen molar-refractivity contribution in [2.45, 2.75) is 38.0 Å². The lowest BCUT2D eigenvalue weighted by atomic mass is 10.2. The summed E-state index contributed by atoms with van der Waals surface area (Å²) in [5.74, 6) is 0. The third-order valence-electron chi connectivity index (χ3n) is 4.55. The van der Waals surface area contributed by atoms with Crippen molar-refractivity contribution in [3.8, 4) is 0 Å². The Hall–Kier alpha value is -2.43. The SMILES string of the molecule is CC(C)OC(=O)OCn1ccc2c(S(=O)(=O)N3CCCNCC3)cccc2c1=O. The van der Waals surface area contributed by atoms with Gasteiger partial charge in [-0.1, -0.05) is 6.07 Å². The average Bonchev–Trinajstić information content (AvgIpc) is 2.96. The van der Waals surface area contributed by atoms with E-state index in [2.05, 4.69) is 5.32 Å². The van der Waals surface area contributed by atoms with E-state index in [0.717, 1.165) is 13.0 Å². The van der Waals surface area contributed by atoms with Crippen LogP contribution in [-0.4, -0.2) is 55.7 Å². The predicted molar refractivity (Wildman–Crippen MR) is 107 cm³/mol. The number of benzene rings is 1. The average molecular weight is 423 g/mol. The van der Waals surface area contributed by atoms with Crippen LogP contribution in [0.3, 0.4) is 0 Å². The topological polar surface area (TPSA) is 107 Å². The summed E-state index contributed by atoms with van der Waals surface area (Å²) in [6, 6.07) is 6.17. The van der Waals surface area contributed by atoms with Crippen molar-refractivity contribution < 1.29 is 22.7 Å². The monoisotopic (exact) mass is 423 g/mol. The van der Waals surface area contributed by atoms with Crippen LogP contribution < -0.4 is 10.9 Å². The highest BCUT2D eigenvalue weighted by molar-refractivity contribution is 7.89. The molecular weight excluding hydrogens is 398 g/mol. The van der Waals surface area contributed by atoms with E-state index in [4.69, 9.17) is 9.47 Å². The molecule has 0 aliphatic carbocycles. The van der Waals surface area contributed by atoms with Crippen LogP contribution in [0.4, 0.5) is 4.79 Å².